The second-order valence-corrected chi connectivity index (χ2v) is 7.74. The standard InChI is InChI=1S/C24H30N2O3/c1-17-5-3-4-6-22(17)26-24(28)20-11-9-19(10-12-20)23(27)25-16-15-18-7-13-21(29-2)14-8-18/h3-8,13-14,19-20H,9-12,15-16H2,1-2H3,(H,25,27)(H,26,28). The van der Waals surface area contributed by atoms with Crippen LogP contribution in [0.4, 0.5) is 5.69 Å². The zero-order valence-electron chi connectivity index (χ0n) is 17.2. The van der Waals surface area contributed by atoms with Crippen molar-refractivity contribution in [3.05, 3.63) is 59.7 Å². The first kappa shape index (κ1) is 20.9. The summed E-state index contributed by atoms with van der Waals surface area (Å²) in [6.45, 7) is 2.61. The normalized spacial score (nSPS) is 18.7. The Kier molecular flexibility index (Phi) is 7.28. The molecule has 5 heteroatoms. The minimum Gasteiger partial charge on any atom is -0.497 e. The third-order valence-corrected chi connectivity index (χ3v) is 5.74. The number of hydrogen-bond acceptors (Lipinski definition) is 3. The molecule has 3 rings (SSSR count). The van der Waals surface area contributed by atoms with Crippen molar-refractivity contribution in [2.45, 2.75) is 39.0 Å². The maximum atomic E-state index is 12.6. The summed E-state index contributed by atoms with van der Waals surface area (Å²) in [5, 5.41) is 6.09. The van der Waals surface area contributed by atoms with Gasteiger partial charge in [0, 0.05) is 24.1 Å². The van der Waals surface area contributed by atoms with Crippen molar-refractivity contribution in [3.8, 4) is 5.75 Å². The summed E-state index contributed by atoms with van der Waals surface area (Å²) >= 11 is 0. The Labute approximate surface area is 172 Å². The first-order chi connectivity index (χ1) is 14.1. The van der Waals surface area contributed by atoms with Crippen molar-refractivity contribution in [3.63, 3.8) is 0 Å². The molecular formula is C24H30N2O3. The second kappa shape index (κ2) is 10.1. The number of aryl methyl sites for hydroxylation is 1. The fourth-order valence-corrected chi connectivity index (χ4v) is 3.83. The lowest BCUT2D eigenvalue weighted by molar-refractivity contribution is -0.128. The Morgan fingerprint density at radius 1 is 0.931 bits per heavy atom. The van der Waals surface area contributed by atoms with Crippen LogP contribution in [0.2, 0.25) is 0 Å². The van der Waals surface area contributed by atoms with Crippen molar-refractivity contribution in [2.24, 2.45) is 11.8 Å². The minimum atomic E-state index is -0.0158. The van der Waals surface area contributed by atoms with Gasteiger partial charge in [-0.2, -0.15) is 0 Å². The lowest BCUT2D eigenvalue weighted by Gasteiger charge is -2.27. The molecule has 5 nitrogen and oxygen atoms in total. The van der Waals surface area contributed by atoms with E-state index in [4.69, 9.17) is 4.74 Å². The molecule has 0 saturated heterocycles. The monoisotopic (exact) mass is 394 g/mol. The molecule has 2 N–H and O–H groups in total. The maximum absolute atomic E-state index is 12.6. The second-order valence-electron chi connectivity index (χ2n) is 7.74. The van der Waals surface area contributed by atoms with E-state index in [1.807, 2.05) is 55.5 Å². The molecule has 0 heterocycles. The van der Waals surface area contributed by atoms with Crippen molar-refractivity contribution in [2.75, 3.05) is 19.0 Å². The molecule has 2 aromatic carbocycles. The van der Waals surface area contributed by atoms with Gasteiger partial charge in [0.1, 0.15) is 5.75 Å². The van der Waals surface area contributed by atoms with Crippen LogP contribution in [0, 0.1) is 18.8 Å². The van der Waals surface area contributed by atoms with Gasteiger partial charge in [-0.1, -0.05) is 30.3 Å². The smallest absolute Gasteiger partial charge is 0.227 e. The zero-order valence-corrected chi connectivity index (χ0v) is 17.2. The molecule has 0 atom stereocenters. The van der Waals surface area contributed by atoms with Crippen molar-refractivity contribution < 1.29 is 14.3 Å². The lowest BCUT2D eigenvalue weighted by Crippen LogP contribution is -2.36. The highest BCUT2D eigenvalue weighted by molar-refractivity contribution is 5.93. The van der Waals surface area contributed by atoms with E-state index in [-0.39, 0.29) is 23.7 Å². The largest absolute Gasteiger partial charge is 0.497 e. The number of rotatable bonds is 7. The van der Waals surface area contributed by atoms with E-state index in [2.05, 4.69) is 10.6 Å². The van der Waals surface area contributed by atoms with Crippen LogP contribution in [0.5, 0.6) is 5.75 Å². The van der Waals surface area contributed by atoms with Crippen molar-refractivity contribution >= 4 is 17.5 Å². The average Bonchev–Trinajstić information content (AvgIpc) is 2.76. The van der Waals surface area contributed by atoms with E-state index in [1.165, 1.54) is 5.56 Å². The van der Waals surface area contributed by atoms with E-state index in [0.29, 0.717) is 6.54 Å². The molecule has 154 valence electrons. The fraction of sp³-hybridized carbons (Fsp3) is 0.417. The molecule has 1 aliphatic rings. The quantitative estimate of drug-likeness (QED) is 0.743. The summed E-state index contributed by atoms with van der Waals surface area (Å²) in [4.78, 5) is 25.0. The van der Waals surface area contributed by atoms with Crippen LogP contribution < -0.4 is 15.4 Å². The third kappa shape index (κ3) is 5.83. The molecule has 1 saturated carbocycles. The summed E-state index contributed by atoms with van der Waals surface area (Å²) < 4.78 is 5.16. The molecule has 0 spiro atoms. The van der Waals surface area contributed by atoms with Crippen molar-refractivity contribution in [1.82, 2.24) is 5.32 Å². The number of nitrogens with one attached hydrogen (secondary N) is 2. The highest BCUT2D eigenvalue weighted by Gasteiger charge is 2.29. The minimum absolute atomic E-state index is 0.00776. The average molecular weight is 395 g/mol. The Morgan fingerprint density at radius 2 is 1.55 bits per heavy atom. The molecule has 2 aromatic rings. The number of hydrogen-bond donors (Lipinski definition) is 2. The number of amides is 2. The van der Waals surface area contributed by atoms with E-state index in [0.717, 1.165) is 49.1 Å². The number of anilines is 1. The first-order valence-corrected chi connectivity index (χ1v) is 10.3. The van der Waals surface area contributed by atoms with Gasteiger partial charge in [-0.15, -0.1) is 0 Å². The number of benzene rings is 2. The molecule has 2 amide bonds. The summed E-state index contributed by atoms with van der Waals surface area (Å²) in [6.07, 6.45) is 3.84. The number of carbonyl (C=O) groups is 2. The topological polar surface area (TPSA) is 67.4 Å². The Hall–Kier alpha value is -2.82. The Bertz CT molecular complexity index is 824. The van der Waals surface area contributed by atoms with Gasteiger partial charge in [-0.25, -0.2) is 0 Å². The predicted molar refractivity (Wildman–Crippen MR) is 115 cm³/mol. The van der Waals surface area contributed by atoms with Crippen LogP contribution in [-0.4, -0.2) is 25.5 Å². The van der Waals surface area contributed by atoms with Gasteiger partial charge >= 0.3 is 0 Å². The van der Waals surface area contributed by atoms with Crippen LogP contribution in [-0.2, 0) is 16.0 Å². The molecule has 1 aliphatic carbocycles. The van der Waals surface area contributed by atoms with Crippen LogP contribution in [0.3, 0.4) is 0 Å². The zero-order chi connectivity index (χ0) is 20.6. The molecule has 0 aliphatic heterocycles. The van der Waals surface area contributed by atoms with Crippen molar-refractivity contribution in [1.29, 1.82) is 0 Å². The van der Waals surface area contributed by atoms with E-state index in [1.54, 1.807) is 7.11 Å². The van der Waals surface area contributed by atoms with Crippen LogP contribution in [0.15, 0.2) is 48.5 Å². The van der Waals surface area contributed by atoms with Gasteiger partial charge in [0.05, 0.1) is 7.11 Å². The van der Waals surface area contributed by atoms with E-state index in [9.17, 15) is 9.59 Å². The Balaban J connectivity index is 1.39. The fourth-order valence-electron chi connectivity index (χ4n) is 3.83. The maximum Gasteiger partial charge on any atom is 0.227 e. The van der Waals surface area contributed by atoms with Gasteiger partial charge in [0.2, 0.25) is 11.8 Å². The molecule has 0 radical (unpaired) electrons. The molecule has 29 heavy (non-hydrogen) atoms. The SMILES string of the molecule is COc1ccc(CCNC(=O)C2CCC(C(=O)Nc3ccccc3C)CC2)cc1. The number of methoxy groups -OCH3 is 1. The molecule has 0 aromatic heterocycles. The van der Waals surface area contributed by atoms with Crippen LogP contribution >= 0.6 is 0 Å². The van der Waals surface area contributed by atoms with Gasteiger partial charge in [0.25, 0.3) is 0 Å². The highest BCUT2D eigenvalue weighted by atomic mass is 16.5. The molecular weight excluding hydrogens is 364 g/mol. The van der Waals surface area contributed by atoms with E-state index < -0.39 is 0 Å². The van der Waals surface area contributed by atoms with Gasteiger partial charge in [-0.3, -0.25) is 9.59 Å². The third-order valence-electron chi connectivity index (χ3n) is 5.74. The number of ether oxygens (including phenoxy) is 1. The Morgan fingerprint density at radius 3 is 2.17 bits per heavy atom. The summed E-state index contributed by atoms with van der Waals surface area (Å²) in [5.41, 5.74) is 3.10. The van der Waals surface area contributed by atoms with E-state index >= 15 is 0 Å². The highest BCUT2D eigenvalue weighted by Crippen LogP contribution is 2.30. The predicted octanol–water partition coefficient (Wildman–Crippen LogP) is 4.11. The summed E-state index contributed by atoms with van der Waals surface area (Å²) in [6, 6.07) is 15.7. The summed E-state index contributed by atoms with van der Waals surface area (Å²) in [5.74, 6) is 1.00. The number of carbonyl (C=O) groups excluding carboxylic acids is 2. The lowest BCUT2D eigenvalue weighted by atomic mass is 9.81. The van der Waals surface area contributed by atoms with Gasteiger partial charge in [-0.05, 0) is 68.4 Å². The van der Waals surface area contributed by atoms with Crippen LogP contribution in [0.25, 0.3) is 0 Å². The molecule has 0 bridgehead atoms. The van der Waals surface area contributed by atoms with Gasteiger partial charge < -0.3 is 15.4 Å². The summed E-state index contributed by atoms with van der Waals surface area (Å²) in [7, 11) is 1.65. The first-order valence-electron chi connectivity index (χ1n) is 10.3. The molecule has 0 unspecified atom stereocenters. The number of para-hydroxylation sites is 1. The molecule has 1 fully saturated rings. The van der Waals surface area contributed by atoms with Gasteiger partial charge in [0.15, 0.2) is 0 Å². The van der Waals surface area contributed by atoms with Crippen LogP contribution in [0.1, 0.15) is 36.8 Å².